The highest BCUT2D eigenvalue weighted by atomic mass is 16.6. The first kappa shape index (κ1) is 16.8. The number of hydrogen-bond donors (Lipinski definition) is 2. The van der Waals surface area contributed by atoms with E-state index in [-0.39, 0.29) is 11.7 Å². The molecule has 1 aromatic carbocycles. The van der Waals surface area contributed by atoms with Gasteiger partial charge in [-0.15, -0.1) is 0 Å². The number of carboxylic acids is 1. The molecule has 25 heavy (non-hydrogen) atoms. The van der Waals surface area contributed by atoms with E-state index in [2.05, 4.69) is 15.2 Å². The number of carboxylic acid groups (broad SMARTS) is 1. The fourth-order valence-corrected chi connectivity index (χ4v) is 2.94. The number of nitrogens with zero attached hydrogens (tertiary/aromatic N) is 3. The Morgan fingerprint density at radius 2 is 2.24 bits per heavy atom. The molecule has 1 atom stereocenters. The molecule has 0 saturated carbocycles. The molecule has 1 aliphatic heterocycles. The van der Waals surface area contributed by atoms with Crippen LogP contribution in [-0.4, -0.2) is 45.0 Å². The number of likely N-dealkylation sites (tertiary alicyclic amines) is 1. The van der Waals surface area contributed by atoms with Crippen molar-refractivity contribution in [1.29, 1.82) is 0 Å². The molecule has 8 heteroatoms. The highest BCUT2D eigenvalue weighted by Gasteiger charge is 2.23. The van der Waals surface area contributed by atoms with Gasteiger partial charge in [0.05, 0.1) is 10.5 Å². The lowest BCUT2D eigenvalue weighted by molar-refractivity contribution is -0.385. The molecule has 1 aliphatic rings. The molecular weight excluding hydrogens is 324 g/mol. The summed E-state index contributed by atoms with van der Waals surface area (Å²) in [6.45, 7) is 2.38. The van der Waals surface area contributed by atoms with Crippen molar-refractivity contribution in [3.8, 4) is 0 Å². The van der Waals surface area contributed by atoms with Crippen LogP contribution in [0, 0.1) is 10.1 Å². The Morgan fingerprint density at radius 3 is 2.92 bits per heavy atom. The zero-order chi connectivity index (χ0) is 17.8. The number of nitro groups is 1. The van der Waals surface area contributed by atoms with Crippen LogP contribution in [0.15, 0.2) is 42.6 Å². The summed E-state index contributed by atoms with van der Waals surface area (Å²) in [6.07, 6.45) is 2.17. The number of pyridine rings is 1. The van der Waals surface area contributed by atoms with Crippen molar-refractivity contribution in [2.75, 3.05) is 18.4 Å². The van der Waals surface area contributed by atoms with Crippen LogP contribution in [0.4, 0.5) is 11.5 Å². The molecule has 8 nitrogen and oxygen atoms in total. The second kappa shape index (κ2) is 7.27. The minimum Gasteiger partial charge on any atom is -0.478 e. The third kappa shape index (κ3) is 4.30. The summed E-state index contributed by atoms with van der Waals surface area (Å²) in [4.78, 5) is 27.5. The predicted molar refractivity (Wildman–Crippen MR) is 91.6 cm³/mol. The zero-order valence-electron chi connectivity index (χ0n) is 13.5. The fourth-order valence-electron chi connectivity index (χ4n) is 2.94. The maximum absolute atomic E-state index is 11.0. The van der Waals surface area contributed by atoms with Crippen molar-refractivity contribution >= 4 is 17.5 Å². The lowest BCUT2D eigenvalue weighted by atomic mass is 10.1. The minimum absolute atomic E-state index is 0.0306. The summed E-state index contributed by atoms with van der Waals surface area (Å²) in [5.74, 6) is -0.308. The first-order valence-corrected chi connectivity index (χ1v) is 7.93. The molecule has 3 rings (SSSR count). The summed E-state index contributed by atoms with van der Waals surface area (Å²) < 4.78 is 0. The number of aromatic nitrogens is 1. The number of carbonyl (C=O) groups is 1. The van der Waals surface area contributed by atoms with E-state index in [9.17, 15) is 14.9 Å². The first-order valence-electron chi connectivity index (χ1n) is 7.93. The lowest BCUT2D eigenvalue weighted by Gasteiger charge is -2.17. The van der Waals surface area contributed by atoms with Crippen LogP contribution in [0.5, 0.6) is 0 Å². The molecule has 0 spiro atoms. The minimum atomic E-state index is -0.924. The Morgan fingerprint density at radius 1 is 1.40 bits per heavy atom. The number of rotatable bonds is 6. The smallest absolute Gasteiger partial charge is 0.335 e. The average Bonchev–Trinajstić information content (AvgIpc) is 3.02. The van der Waals surface area contributed by atoms with Gasteiger partial charge in [-0.1, -0.05) is 12.1 Å². The topological polar surface area (TPSA) is 109 Å². The van der Waals surface area contributed by atoms with Crippen molar-refractivity contribution in [2.45, 2.75) is 19.0 Å². The van der Waals surface area contributed by atoms with Gasteiger partial charge in [0, 0.05) is 31.7 Å². The second-order valence-corrected chi connectivity index (χ2v) is 6.03. The molecule has 1 fully saturated rings. The van der Waals surface area contributed by atoms with Gasteiger partial charge in [-0.3, -0.25) is 15.0 Å². The molecule has 0 bridgehead atoms. The highest BCUT2D eigenvalue weighted by Crippen LogP contribution is 2.19. The highest BCUT2D eigenvalue weighted by molar-refractivity contribution is 5.87. The molecular formula is C17H18N4O4. The van der Waals surface area contributed by atoms with E-state index in [1.165, 1.54) is 12.3 Å². The van der Waals surface area contributed by atoms with Crippen molar-refractivity contribution < 1.29 is 14.8 Å². The van der Waals surface area contributed by atoms with Crippen LogP contribution in [0.3, 0.4) is 0 Å². The van der Waals surface area contributed by atoms with Gasteiger partial charge >= 0.3 is 5.97 Å². The van der Waals surface area contributed by atoms with Crippen LogP contribution in [0.25, 0.3) is 0 Å². The van der Waals surface area contributed by atoms with Gasteiger partial charge in [-0.25, -0.2) is 9.78 Å². The van der Waals surface area contributed by atoms with E-state index in [0.717, 1.165) is 25.1 Å². The first-order chi connectivity index (χ1) is 12.0. The van der Waals surface area contributed by atoms with Gasteiger partial charge in [-0.05, 0) is 30.2 Å². The number of benzene rings is 1. The van der Waals surface area contributed by atoms with Crippen LogP contribution >= 0.6 is 0 Å². The summed E-state index contributed by atoms with van der Waals surface area (Å²) in [5, 5.41) is 23.0. The summed E-state index contributed by atoms with van der Waals surface area (Å²) in [6, 6.07) is 10.2. The van der Waals surface area contributed by atoms with Crippen LogP contribution < -0.4 is 5.32 Å². The second-order valence-electron chi connectivity index (χ2n) is 6.03. The van der Waals surface area contributed by atoms with Gasteiger partial charge in [0.25, 0.3) is 5.69 Å². The normalized spacial score (nSPS) is 17.4. The zero-order valence-corrected chi connectivity index (χ0v) is 13.5. The van der Waals surface area contributed by atoms with E-state index in [1.807, 2.05) is 6.07 Å². The maximum Gasteiger partial charge on any atom is 0.335 e. The Labute approximate surface area is 144 Å². The third-order valence-corrected chi connectivity index (χ3v) is 4.16. The molecule has 0 radical (unpaired) electrons. The van der Waals surface area contributed by atoms with Gasteiger partial charge in [0.2, 0.25) is 0 Å². The molecule has 0 amide bonds. The van der Waals surface area contributed by atoms with Gasteiger partial charge in [0.15, 0.2) is 0 Å². The molecule has 130 valence electrons. The monoisotopic (exact) mass is 342 g/mol. The molecule has 2 heterocycles. The molecule has 2 N–H and O–H groups in total. The van der Waals surface area contributed by atoms with E-state index >= 15 is 0 Å². The number of anilines is 1. The molecule has 1 aromatic heterocycles. The van der Waals surface area contributed by atoms with Crippen molar-refractivity contribution in [2.24, 2.45) is 0 Å². The van der Waals surface area contributed by atoms with E-state index in [4.69, 9.17) is 5.11 Å². The fraction of sp³-hybridized carbons (Fsp3) is 0.294. The molecule has 1 saturated heterocycles. The lowest BCUT2D eigenvalue weighted by Crippen LogP contribution is -2.26. The Balaban J connectivity index is 1.55. The van der Waals surface area contributed by atoms with Crippen molar-refractivity contribution in [3.63, 3.8) is 0 Å². The third-order valence-electron chi connectivity index (χ3n) is 4.16. The van der Waals surface area contributed by atoms with Crippen molar-refractivity contribution in [1.82, 2.24) is 9.88 Å². The summed E-state index contributed by atoms with van der Waals surface area (Å²) >= 11 is 0. The van der Waals surface area contributed by atoms with Gasteiger partial charge in [-0.2, -0.15) is 0 Å². The van der Waals surface area contributed by atoms with Gasteiger partial charge in [0.1, 0.15) is 12.0 Å². The summed E-state index contributed by atoms with van der Waals surface area (Å²) in [5.41, 5.74) is 1.23. The Hall–Kier alpha value is -3.00. The maximum atomic E-state index is 11.0. The van der Waals surface area contributed by atoms with Crippen LogP contribution in [0.2, 0.25) is 0 Å². The Kier molecular flexibility index (Phi) is 4.90. The quantitative estimate of drug-likeness (QED) is 0.613. The van der Waals surface area contributed by atoms with Crippen LogP contribution in [-0.2, 0) is 6.54 Å². The van der Waals surface area contributed by atoms with E-state index < -0.39 is 10.9 Å². The standard InChI is InChI=1S/C17H18N4O4/c22-17(23)13-3-1-2-12(8-13)10-20-7-6-14(11-20)19-16-5-4-15(9-18-16)21(24)25/h1-5,8-9,14H,6-7,10-11H2,(H,18,19)(H,22,23). The van der Waals surface area contributed by atoms with E-state index in [0.29, 0.717) is 17.9 Å². The molecule has 1 unspecified atom stereocenters. The van der Waals surface area contributed by atoms with E-state index in [1.54, 1.807) is 24.3 Å². The Bertz CT molecular complexity index is 778. The molecule has 2 aromatic rings. The van der Waals surface area contributed by atoms with Crippen molar-refractivity contribution in [3.05, 3.63) is 63.8 Å². The van der Waals surface area contributed by atoms with Crippen LogP contribution in [0.1, 0.15) is 22.3 Å². The predicted octanol–water partition coefficient (Wildman–Crippen LogP) is 2.37. The number of nitrogens with one attached hydrogen (secondary N) is 1. The molecule has 0 aliphatic carbocycles. The number of aromatic carboxylic acids is 1. The number of hydrogen-bond acceptors (Lipinski definition) is 6. The average molecular weight is 342 g/mol. The largest absolute Gasteiger partial charge is 0.478 e. The SMILES string of the molecule is O=C(O)c1cccc(CN2CCC(Nc3ccc([N+](=O)[O-])cn3)C2)c1. The van der Waals surface area contributed by atoms with Gasteiger partial charge < -0.3 is 10.4 Å². The summed E-state index contributed by atoms with van der Waals surface area (Å²) in [7, 11) is 0.